The number of fused-ring (bicyclic) bond motifs is 1. The second kappa shape index (κ2) is 7.04. The first kappa shape index (κ1) is 17.5. The van der Waals surface area contributed by atoms with Crippen molar-refractivity contribution in [2.75, 3.05) is 20.2 Å². The predicted molar refractivity (Wildman–Crippen MR) is 101 cm³/mol. The van der Waals surface area contributed by atoms with Crippen LogP contribution in [0.5, 0.6) is 5.75 Å². The van der Waals surface area contributed by atoms with Crippen LogP contribution in [0.2, 0.25) is 0 Å². The van der Waals surface area contributed by atoms with E-state index in [4.69, 9.17) is 4.74 Å². The van der Waals surface area contributed by atoms with Crippen molar-refractivity contribution < 1.29 is 19.0 Å². The van der Waals surface area contributed by atoms with Gasteiger partial charge in [-0.05, 0) is 48.4 Å². The van der Waals surface area contributed by atoms with Crippen molar-refractivity contribution in [1.29, 1.82) is 0 Å². The summed E-state index contributed by atoms with van der Waals surface area (Å²) in [5.74, 6) is 0.204. The number of ether oxygens (including phenoxy) is 1. The molecule has 4 rings (SSSR count). The number of carbonyl (C=O) groups excluding carboxylic acids is 1. The minimum Gasteiger partial charge on any atom is -0.497 e. The van der Waals surface area contributed by atoms with Crippen LogP contribution in [0.15, 0.2) is 48.5 Å². The average molecular weight is 368 g/mol. The van der Waals surface area contributed by atoms with Gasteiger partial charge in [-0.2, -0.15) is 0 Å². The van der Waals surface area contributed by atoms with Crippen molar-refractivity contribution in [3.8, 4) is 5.75 Å². The van der Waals surface area contributed by atoms with Crippen LogP contribution in [0.4, 0.5) is 4.39 Å². The molecule has 1 aliphatic rings. The minimum atomic E-state index is -0.683. The van der Waals surface area contributed by atoms with Crippen molar-refractivity contribution in [2.45, 2.75) is 18.4 Å². The smallest absolute Gasteiger partial charge is 0.270 e. The number of aromatic amines is 1. The van der Waals surface area contributed by atoms with Gasteiger partial charge in [0.2, 0.25) is 0 Å². The normalized spacial score (nSPS) is 20.0. The van der Waals surface area contributed by atoms with Gasteiger partial charge in [0, 0.05) is 29.9 Å². The van der Waals surface area contributed by atoms with Gasteiger partial charge in [-0.25, -0.2) is 4.39 Å². The van der Waals surface area contributed by atoms with Gasteiger partial charge in [0.05, 0.1) is 13.2 Å². The molecule has 1 amide bonds. The van der Waals surface area contributed by atoms with Crippen LogP contribution in [0, 0.1) is 5.82 Å². The highest BCUT2D eigenvalue weighted by atomic mass is 19.1. The quantitative estimate of drug-likeness (QED) is 0.745. The number of halogens is 1. The largest absolute Gasteiger partial charge is 0.497 e. The number of benzene rings is 2. The Labute approximate surface area is 156 Å². The molecule has 27 heavy (non-hydrogen) atoms. The summed E-state index contributed by atoms with van der Waals surface area (Å²) in [6.07, 6.45) is -0.0512. The molecule has 0 saturated carbocycles. The molecule has 1 fully saturated rings. The van der Waals surface area contributed by atoms with Gasteiger partial charge in [0.25, 0.3) is 5.91 Å². The molecule has 140 valence electrons. The first-order valence-corrected chi connectivity index (χ1v) is 8.94. The fraction of sp³-hybridized carbons (Fsp3) is 0.286. The third-order valence-electron chi connectivity index (χ3n) is 5.23. The van der Waals surface area contributed by atoms with E-state index in [1.54, 1.807) is 30.2 Å². The number of methoxy groups -OCH3 is 1. The zero-order valence-corrected chi connectivity index (χ0v) is 15.0. The summed E-state index contributed by atoms with van der Waals surface area (Å²) in [6.45, 7) is 0.788. The maximum Gasteiger partial charge on any atom is 0.270 e. The average Bonchev–Trinajstić information content (AvgIpc) is 3.11. The summed E-state index contributed by atoms with van der Waals surface area (Å²) in [5.41, 5.74) is 2.25. The molecule has 1 saturated heterocycles. The van der Waals surface area contributed by atoms with Crippen molar-refractivity contribution in [3.63, 3.8) is 0 Å². The lowest BCUT2D eigenvalue weighted by molar-refractivity contribution is 0.0378. The van der Waals surface area contributed by atoms with Crippen LogP contribution in [0.25, 0.3) is 10.9 Å². The maximum absolute atomic E-state index is 13.1. The first-order valence-electron chi connectivity index (χ1n) is 8.94. The molecular weight excluding hydrogens is 347 g/mol. The third-order valence-corrected chi connectivity index (χ3v) is 5.23. The summed E-state index contributed by atoms with van der Waals surface area (Å²) in [6, 6.07) is 13.6. The lowest BCUT2D eigenvalue weighted by Crippen LogP contribution is -2.45. The zero-order chi connectivity index (χ0) is 19.0. The predicted octanol–water partition coefficient (Wildman–Crippen LogP) is 3.31. The minimum absolute atomic E-state index is 0.0957. The lowest BCUT2D eigenvalue weighted by Gasteiger charge is -2.36. The number of β-amino-alcohol motifs (C(OH)–C–C–N with tert-alkyl or cyclic N) is 1. The van der Waals surface area contributed by atoms with Crippen molar-refractivity contribution in [1.82, 2.24) is 9.88 Å². The van der Waals surface area contributed by atoms with E-state index in [0.29, 0.717) is 18.7 Å². The number of likely N-dealkylation sites (tertiary alicyclic amines) is 1. The molecule has 1 aromatic heterocycles. The molecule has 2 aromatic carbocycles. The fourth-order valence-corrected chi connectivity index (χ4v) is 3.74. The third kappa shape index (κ3) is 3.40. The highest BCUT2D eigenvalue weighted by molar-refractivity contribution is 5.98. The molecule has 2 N–H and O–H groups in total. The molecule has 1 aliphatic heterocycles. The summed E-state index contributed by atoms with van der Waals surface area (Å²) < 4.78 is 18.3. The van der Waals surface area contributed by atoms with Gasteiger partial charge < -0.3 is 19.7 Å². The Morgan fingerprint density at radius 3 is 2.70 bits per heavy atom. The van der Waals surface area contributed by atoms with Gasteiger partial charge >= 0.3 is 0 Å². The van der Waals surface area contributed by atoms with E-state index < -0.39 is 6.10 Å². The lowest BCUT2D eigenvalue weighted by atomic mass is 9.87. The van der Waals surface area contributed by atoms with Crippen LogP contribution in [0.1, 0.15) is 28.4 Å². The SMILES string of the molecule is COc1ccc2[nH]c(C(=O)N3CC[C@H](c4ccc(F)cc4)[C@@H](O)C3)cc2c1. The van der Waals surface area contributed by atoms with Gasteiger partial charge in [-0.1, -0.05) is 12.1 Å². The molecule has 0 aliphatic carbocycles. The van der Waals surface area contributed by atoms with Crippen LogP contribution < -0.4 is 4.74 Å². The number of hydrogen-bond acceptors (Lipinski definition) is 3. The van der Waals surface area contributed by atoms with E-state index in [9.17, 15) is 14.3 Å². The highest BCUT2D eigenvalue weighted by Crippen LogP contribution is 2.30. The number of aliphatic hydroxyl groups is 1. The molecule has 3 aromatic rings. The van der Waals surface area contributed by atoms with E-state index in [0.717, 1.165) is 22.2 Å². The molecular formula is C21H21FN2O3. The van der Waals surface area contributed by atoms with Crippen LogP contribution in [0.3, 0.4) is 0 Å². The number of nitrogens with zero attached hydrogens (tertiary/aromatic N) is 1. The number of amides is 1. The number of aliphatic hydroxyl groups excluding tert-OH is 1. The number of piperidine rings is 1. The Bertz CT molecular complexity index is 967. The van der Waals surface area contributed by atoms with E-state index in [1.807, 2.05) is 18.2 Å². The van der Waals surface area contributed by atoms with E-state index in [2.05, 4.69) is 4.98 Å². The summed E-state index contributed by atoms with van der Waals surface area (Å²) in [5, 5.41) is 11.5. The van der Waals surface area contributed by atoms with Crippen molar-refractivity contribution >= 4 is 16.8 Å². The van der Waals surface area contributed by atoms with Gasteiger partial charge in [-0.15, -0.1) is 0 Å². The van der Waals surface area contributed by atoms with E-state index >= 15 is 0 Å². The standard InChI is InChI=1S/C21H21FN2O3/c1-27-16-6-7-18-14(10-16)11-19(23-18)21(26)24-9-8-17(20(25)12-24)13-2-4-15(22)5-3-13/h2-7,10-11,17,20,23,25H,8-9,12H2,1H3/t17-,20+/m1/s1. The Hall–Kier alpha value is -2.86. The molecule has 0 unspecified atom stereocenters. The molecule has 0 radical (unpaired) electrons. The summed E-state index contributed by atoms with van der Waals surface area (Å²) in [7, 11) is 1.60. The Balaban J connectivity index is 1.50. The number of aromatic nitrogens is 1. The molecule has 2 heterocycles. The zero-order valence-electron chi connectivity index (χ0n) is 15.0. The van der Waals surface area contributed by atoms with Crippen molar-refractivity contribution in [3.05, 3.63) is 65.6 Å². The van der Waals surface area contributed by atoms with Gasteiger partial charge in [-0.3, -0.25) is 4.79 Å². The monoisotopic (exact) mass is 368 g/mol. The first-order chi connectivity index (χ1) is 13.0. The molecule has 0 bridgehead atoms. The van der Waals surface area contributed by atoms with Gasteiger partial charge in [0.15, 0.2) is 0 Å². The second-order valence-electron chi connectivity index (χ2n) is 6.90. The highest BCUT2D eigenvalue weighted by Gasteiger charge is 2.32. The molecule has 6 heteroatoms. The number of rotatable bonds is 3. The fourth-order valence-electron chi connectivity index (χ4n) is 3.74. The van der Waals surface area contributed by atoms with Crippen molar-refractivity contribution in [2.24, 2.45) is 0 Å². The van der Waals surface area contributed by atoms with Gasteiger partial charge in [0.1, 0.15) is 17.3 Å². The van der Waals surface area contributed by atoms with E-state index in [1.165, 1.54) is 12.1 Å². The maximum atomic E-state index is 13.1. The number of nitrogens with one attached hydrogen (secondary N) is 1. The number of H-pyrrole nitrogens is 1. The summed E-state index contributed by atoms with van der Waals surface area (Å²) in [4.78, 5) is 17.7. The number of hydrogen-bond donors (Lipinski definition) is 2. The van der Waals surface area contributed by atoms with Crippen LogP contribution >= 0.6 is 0 Å². The number of carbonyl (C=O) groups is 1. The molecule has 0 spiro atoms. The Morgan fingerprint density at radius 1 is 1.22 bits per heavy atom. The Kier molecular flexibility index (Phi) is 4.58. The molecule has 2 atom stereocenters. The van der Waals surface area contributed by atoms with E-state index in [-0.39, 0.29) is 24.2 Å². The second-order valence-corrected chi connectivity index (χ2v) is 6.90. The van der Waals surface area contributed by atoms with Crippen LogP contribution in [-0.2, 0) is 0 Å². The topological polar surface area (TPSA) is 65.6 Å². The molecule has 5 nitrogen and oxygen atoms in total. The van der Waals surface area contributed by atoms with Crippen LogP contribution in [-0.4, -0.2) is 47.2 Å². The Morgan fingerprint density at radius 2 is 2.00 bits per heavy atom. The summed E-state index contributed by atoms with van der Waals surface area (Å²) >= 11 is 0.